The number of nitrogens with zero attached hydrogens (tertiary/aromatic N) is 1. The third-order valence-electron chi connectivity index (χ3n) is 3.09. The van der Waals surface area contributed by atoms with Crippen molar-refractivity contribution in [2.45, 2.75) is 5.37 Å². The van der Waals surface area contributed by atoms with Crippen molar-refractivity contribution >= 4 is 44.8 Å². The molecule has 1 heterocycles. The van der Waals surface area contributed by atoms with E-state index < -0.39 is 15.2 Å². The number of benzene rings is 1. The lowest BCUT2D eigenvalue weighted by atomic mass is 10.1. The van der Waals surface area contributed by atoms with Crippen LogP contribution in [-0.2, 0) is 9.84 Å². The molecule has 1 aromatic carbocycles. The van der Waals surface area contributed by atoms with Crippen molar-refractivity contribution in [2.75, 3.05) is 30.0 Å². The molecule has 0 aromatic heterocycles. The number of sulfone groups is 1. The summed E-state index contributed by atoms with van der Waals surface area (Å²) in [6.07, 6.45) is 1.14. The van der Waals surface area contributed by atoms with Crippen LogP contribution in [0.2, 0.25) is 5.02 Å². The number of carbonyl (C=O) groups is 1. The van der Waals surface area contributed by atoms with Gasteiger partial charge in [-0.3, -0.25) is 4.79 Å². The van der Waals surface area contributed by atoms with E-state index in [-0.39, 0.29) is 11.5 Å². The summed E-state index contributed by atoms with van der Waals surface area (Å²) in [6, 6.07) is 4.61. The second-order valence-electron chi connectivity index (χ2n) is 4.59. The van der Waals surface area contributed by atoms with E-state index in [1.807, 2.05) is 0 Å². The monoisotopic (exact) mass is 334 g/mol. The van der Waals surface area contributed by atoms with Crippen molar-refractivity contribution < 1.29 is 13.2 Å². The summed E-state index contributed by atoms with van der Waals surface area (Å²) in [4.78, 5) is 13.9. The van der Waals surface area contributed by atoms with Gasteiger partial charge in [-0.05, 0) is 18.2 Å². The number of hydrogen-bond donors (Lipinski definition) is 1. The van der Waals surface area contributed by atoms with Gasteiger partial charge < -0.3 is 10.6 Å². The Morgan fingerprint density at radius 2 is 2.20 bits per heavy atom. The van der Waals surface area contributed by atoms with E-state index in [1.165, 1.54) is 22.7 Å². The van der Waals surface area contributed by atoms with Gasteiger partial charge in [-0.15, -0.1) is 0 Å². The van der Waals surface area contributed by atoms with Crippen molar-refractivity contribution in [3.63, 3.8) is 0 Å². The molecule has 2 rings (SSSR count). The minimum Gasteiger partial charge on any atom is -0.398 e. The molecule has 20 heavy (non-hydrogen) atoms. The van der Waals surface area contributed by atoms with E-state index in [0.717, 1.165) is 6.26 Å². The Morgan fingerprint density at radius 3 is 2.85 bits per heavy atom. The largest absolute Gasteiger partial charge is 0.398 e. The van der Waals surface area contributed by atoms with Crippen LogP contribution in [0.5, 0.6) is 0 Å². The third-order valence-corrected chi connectivity index (χ3v) is 5.96. The predicted octanol–water partition coefficient (Wildman–Crippen LogP) is 1.48. The van der Waals surface area contributed by atoms with Gasteiger partial charge in [-0.25, -0.2) is 8.42 Å². The van der Waals surface area contributed by atoms with E-state index in [9.17, 15) is 13.2 Å². The van der Waals surface area contributed by atoms with Gasteiger partial charge in [0, 0.05) is 35.0 Å². The van der Waals surface area contributed by atoms with Crippen molar-refractivity contribution in [3.05, 3.63) is 28.8 Å². The Bertz CT molecular complexity index is 634. The maximum Gasteiger partial charge on any atom is 0.257 e. The van der Waals surface area contributed by atoms with E-state index >= 15 is 0 Å². The first-order valence-corrected chi connectivity index (χ1v) is 9.42. The Labute approximate surface area is 127 Å². The Hall–Kier alpha value is -0.920. The number of thioether (sulfide) groups is 1. The van der Waals surface area contributed by atoms with Crippen LogP contribution in [0.3, 0.4) is 0 Å². The average Bonchev–Trinajstić information content (AvgIpc) is 2.40. The van der Waals surface area contributed by atoms with Crippen LogP contribution in [0, 0.1) is 0 Å². The molecular weight excluding hydrogens is 320 g/mol. The smallest absolute Gasteiger partial charge is 0.257 e. The van der Waals surface area contributed by atoms with Gasteiger partial charge in [0.15, 0.2) is 9.84 Å². The number of nitrogens with two attached hydrogens (primary N) is 1. The maximum atomic E-state index is 12.5. The molecule has 1 aliphatic heterocycles. The fraction of sp³-hybridized carbons (Fsp3) is 0.417. The molecule has 1 aromatic rings. The molecule has 0 radical (unpaired) electrons. The van der Waals surface area contributed by atoms with Crippen molar-refractivity contribution in [1.29, 1.82) is 0 Å². The summed E-state index contributed by atoms with van der Waals surface area (Å²) in [5, 5.41) is -0.419. The molecule has 1 unspecified atom stereocenters. The van der Waals surface area contributed by atoms with Gasteiger partial charge in [-0.2, -0.15) is 11.8 Å². The average molecular weight is 335 g/mol. The lowest BCUT2D eigenvalue weighted by Crippen LogP contribution is -2.50. The molecule has 0 spiro atoms. The van der Waals surface area contributed by atoms with Crippen LogP contribution in [0.1, 0.15) is 10.4 Å². The number of amides is 1. The fourth-order valence-corrected chi connectivity index (χ4v) is 5.02. The number of anilines is 1. The van der Waals surface area contributed by atoms with E-state index in [1.54, 1.807) is 12.1 Å². The minimum absolute atomic E-state index is 0.248. The summed E-state index contributed by atoms with van der Waals surface area (Å²) in [6.45, 7) is 0.382. The SMILES string of the molecule is CS(=O)(=O)C1CSCCN1C(=O)c1cc(Cl)ccc1N. The molecule has 110 valence electrons. The normalized spacial score (nSPS) is 19.9. The quantitative estimate of drug-likeness (QED) is 0.829. The van der Waals surface area contributed by atoms with Crippen LogP contribution in [0.15, 0.2) is 18.2 Å². The zero-order valence-corrected chi connectivity index (χ0v) is 13.3. The molecule has 0 aliphatic carbocycles. The molecule has 1 saturated heterocycles. The van der Waals surface area contributed by atoms with Crippen LogP contribution in [-0.4, -0.2) is 48.9 Å². The molecule has 1 atom stereocenters. The highest BCUT2D eigenvalue weighted by Gasteiger charge is 2.35. The molecule has 5 nitrogen and oxygen atoms in total. The Balaban J connectivity index is 2.37. The summed E-state index contributed by atoms with van der Waals surface area (Å²) < 4.78 is 23.6. The zero-order chi connectivity index (χ0) is 14.9. The zero-order valence-electron chi connectivity index (χ0n) is 10.9. The summed E-state index contributed by atoms with van der Waals surface area (Å²) >= 11 is 7.40. The molecular formula is C12H15ClN2O3S2. The predicted molar refractivity (Wildman–Crippen MR) is 82.9 cm³/mol. The van der Waals surface area contributed by atoms with Gasteiger partial charge in [0.2, 0.25) is 0 Å². The molecule has 1 aliphatic rings. The van der Waals surface area contributed by atoms with Crippen LogP contribution >= 0.6 is 23.4 Å². The number of halogens is 1. The van der Waals surface area contributed by atoms with E-state index in [2.05, 4.69) is 0 Å². The molecule has 0 bridgehead atoms. The first-order chi connectivity index (χ1) is 9.30. The first kappa shape index (κ1) is 15.5. The molecule has 2 N–H and O–H groups in total. The number of nitrogen functional groups attached to an aromatic ring is 1. The standard InChI is InChI=1S/C12H15ClN2O3S2/c1-20(17,18)11-7-19-5-4-15(11)12(16)9-6-8(13)2-3-10(9)14/h2-3,6,11H,4-5,7,14H2,1H3. The lowest BCUT2D eigenvalue weighted by molar-refractivity contribution is 0.0750. The second kappa shape index (κ2) is 5.83. The number of carbonyl (C=O) groups excluding carboxylic acids is 1. The van der Waals surface area contributed by atoms with Crippen LogP contribution < -0.4 is 5.73 Å². The van der Waals surface area contributed by atoms with Crippen LogP contribution in [0.25, 0.3) is 0 Å². The summed E-state index contributed by atoms with van der Waals surface area (Å²) in [5.74, 6) is 0.698. The second-order valence-corrected chi connectivity index (χ2v) is 8.38. The van der Waals surface area contributed by atoms with Gasteiger partial charge in [0.05, 0.1) is 5.56 Å². The van der Waals surface area contributed by atoms with E-state index in [0.29, 0.717) is 28.8 Å². The van der Waals surface area contributed by atoms with Gasteiger partial charge >= 0.3 is 0 Å². The molecule has 0 saturated carbocycles. The summed E-state index contributed by atoms with van der Waals surface area (Å²) in [5.41, 5.74) is 6.34. The molecule has 8 heteroatoms. The third kappa shape index (κ3) is 3.21. The highest BCUT2D eigenvalue weighted by molar-refractivity contribution is 8.00. The van der Waals surface area contributed by atoms with Gasteiger partial charge in [-0.1, -0.05) is 11.6 Å². The first-order valence-electron chi connectivity index (χ1n) is 5.93. The van der Waals surface area contributed by atoms with Crippen molar-refractivity contribution in [2.24, 2.45) is 0 Å². The Kier molecular flexibility index (Phi) is 4.51. The highest BCUT2D eigenvalue weighted by atomic mass is 35.5. The van der Waals surface area contributed by atoms with Crippen molar-refractivity contribution in [1.82, 2.24) is 4.90 Å². The van der Waals surface area contributed by atoms with E-state index in [4.69, 9.17) is 17.3 Å². The summed E-state index contributed by atoms with van der Waals surface area (Å²) in [7, 11) is -3.34. The molecule has 1 amide bonds. The van der Waals surface area contributed by atoms with Crippen molar-refractivity contribution in [3.8, 4) is 0 Å². The Morgan fingerprint density at radius 1 is 1.50 bits per heavy atom. The lowest BCUT2D eigenvalue weighted by Gasteiger charge is -2.34. The topological polar surface area (TPSA) is 80.5 Å². The maximum absolute atomic E-state index is 12.5. The fourth-order valence-electron chi connectivity index (χ4n) is 2.04. The number of rotatable bonds is 2. The highest BCUT2D eigenvalue weighted by Crippen LogP contribution is 2.25. The minimum atomic E-state index is -3.34. The van der Waals surface area contributed by atoms with Gasteiger partial charge in [0.1, 0.15) is 5.37 Å². The molecule has 1 fully saturated rings. The van der Waals surface area contributed by atoms with Gasteiger partial charge in [0.25, 0.3) is 5.91 Å². The van der Waals surface area contributed by atoms with Crippen LogP contribution in [0.4, 0.5) is 5.69 Å². The number of hydrogen-bond acceptors (Lipinski definition) is 5.